The van der Waals surface area contributed by atoms with Gasteiger partial charge in [-0.15, -0.1) is 0 Å². The number of benzene rings is 1. The molecule has 0 fully saturated rings. The lowest BCUT2D eigenvalue weighted by molar-refractivity contribution is -0.118. The largest absolute Gasteiger partial charge is 0.424 e. The van der Waals surface area contributed by atoms with Crippen LogP contribution in [0.15, 0.2) is 55.1 Å². The van der Waals surface area contributed by atoms with Crippen LogP contribution in [0.25, 0.3) is 0 Å². The predicted octanol–water partition coefficient (Wildman–Crippen LogP) is 3.37. The second-order valence-corrected chi connectivity index (χ2v) is 6.40. The molecule has 1 aliphatic heterocycles. The molecule has 2 aromatic heterocycles. The molecule has 3 heterocycles. The van der Waals surface area contributed by atoms with E-state index in [4.69, 9.17) is 27.9 Å². The lowest BCUT2D eigenvalue weighted by atomic mass is 10.1. The molecule has 25 heavy (non-hydrogen) atoms. The van der Waals surface area contributed by atoms with Gasteiger partial charge in [-0.25, -0.2) is 24.8 Å². The van der Waals surface area contributed by atoms with Crippen LogP contribution in [0, 0.1) is 0 Å². The first kappa shape index (κ1) is 15.7. The molecule has 0 N–H and O–H groups in total. The van der Waals surface area contributed by atoms with Crippen molar-refractivity contribution in [3.63, 3.8) is 0 Å². The Bertz CT molecular complexity index is 938. The first-order valence-electron chi connectivity index (χ1n) is 7.16. The highest BCUT2D eigenvalue weighted by molar-refractivity contribution is 6.60. The van der Waals surface area contributed by atoms with Gasteiger partial charge in [-0.2, -0.15) is 0 Å². The zero-order chi connectivity index (χ0) is 17.4. The number of carbonyl (C=O) groups is 1. The summed E-state index contributed by atoms with van der Waals surface area (Å²) in [6, 6.07) is 8.39. The van der Waals surface area contributed by atoms with Crippen molar-refractivity contribution in [2.75, 3.05) is 4.90 Å². The summed E-state index contributed by atoms with van der Waals surface area (Å²) in [5.74, 6) is 0.0429. The van der Waals surface area contributed by atoms with Crippen molar-refractivity contribution >= 4 is 40.7 Å². The topological polar surface area (TPSA) is 81.1 Å². The predicted molar refractivity (Wildman–Crippen MR) is 91.1 cm³/mol. The van der Waals surface area contributed by atoms with Gasteiger partial charge in [-0.3, -0.25) is 4.79 Å². The first-order valence-corrected chi connectivity index (χ1v) is 7.92. The number of nitrogens with zero attached hydrogens (tertiary/aromatic N) is 5. The van der Waals surface area contributed by atoms with Gasteiger partial charge in [0.1, 0.15) is 5.75 Å². The molecule has 0 radical (unpaired) electrons. The molecule has 0 unspecified atom stereocenters. The standard InChI is InChI=1S/C16H9Cl2N5O2/c17-16(18)11-9-10(25-15-21-7-2-8-22-15)3-4-12(11)23(13(16)24)14-19-5-1-6-20-14/h1-9H. The molecule has 0 aliphatic carbocycles. The van der Waals surface area contributed by atoms with Gasteiger partial charge in [0, 0.05) is 30.4 Å². The second-order valence-electron chi connectivity index (χ2n) is 5.08. The molecule has 0 bridgehead atoms. The average Bonchev–Trinajstić information content (AvgIpc) is 2.83. The van der Waals surface area contributed by atoms with Crippen molar-refractivity contribution in [3.8, 4) is 11.8 Å². The number of hydrogen-bond acceptors (Lipinski definition) is 6. The van der Waals surface area contributed by atoms with Gasteiger partial charge in [0.05, 0.1) is 5.69 Å². The van der Waals surface area contributed by atoms with Gasteiger partial charge in [-0.1, -0.05) is 23.2 Å². The second kappa shape index (κ2) is 5.94. The first-order chi connectivity index (χ1) is 12.1. The summed E-state index contributed by atoms with van der Waals surface area (Å²) in [5.41, 5.74) is 0.865. The van der Waals surface area contributed by atoms with E-state index in [-0.39, 0.29) is 12.0 Å². The van der Waals surface area contributed by atoms with Crippen LogP contribution in [-0.4, -0.2) is 25.8 Å². The summed E-state index contributed by atoms with van der Waals surface area (Å²) in [6.07, 6.45) is 6.17. The van der Waals surface area contributed by atoms with E-state index < -0.39 is 10.2 Å². The molecule has 0 atom stereocenters. The molecule has 3 aromatic rings. The molecule has 124 valence electrons. The SMILES string of the molecule is O=C1N(c2ncccn2)c2ccc(Oc3ncccn3)cc2C1(Cl)Cl. The highest BCUT2D eigenvalue weighted by Crippen LogP contribution is 2.50. The van der Waals surface area contributed by atoms with E-state index in [0.717, 1.165) is 0 Å². The van der Waals surface area contributed by atoms with Crippen molar-refractivity contribution in [2.24, 2.45) is 0 Å². The molecule has 0 spiro atoms. The van der Waals surface area contributed by atoms with Crippen LogP contribution < -0.4 is 9.64 Å². The summed E-state index contributed by atoms with van der Waals surface area (Å²) >= 11 is 12.6. The molecular formula is C16H9Cl2N5O2. The Morgan fingerprint density at radius 1 is 0.960 bits per heavy atom. The van der Waals surface area contributed by atoms with Gasteiger partial charge in [-0.05, 0) is 30.3 Å². The zero-order valence-electron chi connectivity index (χ0n) is 12.5. The van der Waals surface area contributed by atoms with E-state index in [1.54, 1.807) is 42.7 Å². The van der Waals surface area contributed by atoms with Gasteiger partial charge in [0.15, 0.2) is 0 Å². The van der Waals surface area contributed by atoms with Gasteiger partial charge in [0.25, 0.3) is 5.91 Å². The van der Waals surface area contributed by atoms with Crippen LogP contribution in [-0.2, 0) is 9.13 Å². The third-order valence-electron chi connectivity index (χ3n) is 3.52. The summed E-state index contributed by atoms with van der Waals surface area (Å²) in [4.78, 5) is 30.1. The van der Waals surface area contributed by atoms with Crippen molar-refractivity contribution in [1.29, 1.82) is 0 Å². The average molecular weight is 374 g/mol. The van der Waals surface area contributed by atoms with Gasteiger partial charge < -0.3 is 4.74 Å². The van der Waals surface area contributed by atoms with E-state index in [1.807, 2.05) is 0 Å². The van der Waals surface area contributed by atoms with E-state index in [0.29, 0.717) is 17.0 Å². The third-order valence-corrected chi connectivity index (χ3v) is 4.25. The lowest BCUT2D eigenvalue weighted by Gasteiger charge is -2.15. The van der Waals surface area contributed by atoms with Crippen molar-refractivity contribution in [2.45, 2.75) is 4.33 Å². The Morgan fingerprint density at radius 2 is 1.60 bits per heavy atom. The third kappa shape index (κ3) is 2.67. The fourth-order valence-electron chi connectivity index (χ4n) is 2.44. The number of alkyl halides is 2. The lowest BCUT2D eigenvalue weighted by Crippen LogP contribution is -2.30. The number of hydrogen-bond donors (Lipinski definition) is 0. The molecule has 9 heteroatoms. The highest BCUT2D eigenvalue weighted by Gasteiger charge is 2.50. The Balaban J connectivity index is 1.76. The molecular weight excluding hydrogens is 365 g/mol. The van der Waals surface area contributed by atoms with Crippen molar-refractivity contribution in [3.05, 3.63) is 60.7 Å². The minimum absolute atomic E-state index is 0.171. The Morgan fingerprint density at radius 3 is 2.28 bits per heavy atom. The van der Waals surface area contributed by atoms with E-state index in [2.05, 4.69) is 19.9 Å². The maximum absolute atomic E-state index is 12.7. The minimum Gasteiger partial charge on any atom is -0.424 e. The molecule has 1 aromatic carbocycles. The van der Waals surface area contributed by atoms with Crippen molar-refractivity contribution in [1.82, 2.24) is 19.9 Å². The Kier molecular flexibility index (Phi) is 3.74. The van der Waals surface area contributed by atoms with Gasteiger partial charge in [0.2, 0.25) is 10.3 Å². The number of fused-ring (bicyclic) bond motifs is 1. The van der Waals surface area contributed by atoms with Crippen LogP contribution in [0.3, 0.4) is 0 Å². The van der Waals surface area contributed by atoms with Crippen LogP contribution in [0.5, 0.6) is 11.8 Å². The van der Waals surface area contributed by atoms with E-state index >= 15 is 0 Å². The Labute approximate surface area is 152 Å². The van der Waals surface area contributed by atoms with Gasteiger partial charge >= 0.3 is 6.01 Å². The maximum Gasteiger partial charge on any atom is 0.321 e. The normalized spacial score (nSPS) is 15.1. The number of rotatable bonds is 3. The Hall–Kier alpha value is -2.77. The van der Waals surface area contributed by atoms with Crippen LogP contribution in [0.1, 0.15) is 5.56 Å². The number of aromatic nitrogens is 4. The number of ether oxygens (including phenoxy) is 1. The summed E-state index contributed by atoms with van der Waals surface area (Å²) in [6.45, 7) is 0. The molecule has 4 rings (SSSR count). The molecule has 0 saturated carbocycles. The summed E-state index contributed by atoms with van der Waals surface area (Å²) < 4.78 is 3.80. The number of amides is 1. The number of halogens is 2. The number of carbonyl (C=O) groups excluding carboxylic acids is 1. The monoisotopic (exact) mass is 373 g/mol. The molecule has 1 amide bonds. The molecule has 7 nitrogen and oxygen atoms in total. The molecule has 0 saturated heterocycles. The zero-order valence-corrected chi connectivity index (χ0v) is 14.0. The fourth-order valence-corrected chi connectivity index (χ4v) is 2.91. The highest BCUT2D eigenvalue weighted by atomic mass is 35.5. The minimum atomic E-state index is -1.77. The van der Waals surface area contributed by atoms with E-state index in [9.17, 15) is 4.79 Å². The van der Waals surface area contributed by atoms with Crippen LogP contribution >= 0.6 is 23.2 Å². The maximum atomic E-state index is 12.7. The van der Waals surface area contributed by atoms with Crippen molar-refractivity contribution < 1.29 is 9.53 Å². The number of anilines is 2. The smallest absolute Gasteiger partial charge is 0.321 e. The van der Waals surface area contributed by atoms with Crippen LogP contribution in [0.2, 0.25) is 0 Å². The summed E-state index contributed by atoms with van der Waals surface area (Å²) in [5, 5.41) is 0. The quantitative estimate of drug-likeness (QED) is 0.654. The summed E-state index contributed by atoms with van der Waals surface area (Å²) in [7, 11) is 0. The molecule has 1 aliphatic rings. The van der Waals surface area contributed by atoms with E-state index in [1.165, 1.54) is 17.3 Å². The fraction of sp³-hybridized carbons (Fsp3) is 0.0625. The van der Waals surface area contributed by atoms with Crippen LogP contribution in [0.4, 0.5) is 11.6 Å².